The summed E-state index contributed by atoms with van der Waals surface area (Å²) in [5.74, 6) is 0. The van der Waals surface area contributed by atoms with E-state index in [0.29, 0.717) is 5.11 Å². The highest BCUT2D eigenvalue weighted by Crippen LogP contribution is 2.17. The van der Waals surface area contributed by atoms with Crippen LogP contribution in [0.4, 0.5) is 5.69 Å². The fourth-order valence-electron chi connectivity index (χ4n) is 2.10. The predicted molar refractivity (Wildman–Crippen MR) is 99.4 cm³/mol. The number of hydrogen-bond donors (Lipinski definition) is 2. The van der Waals surface area contributed by atoms with Crippen molar-refractivity contribution >= 4 is 38.9 Å². The Hall–Kier alpha value is -1.40. The van der Waals surface area contributed by atoms with E-state index in [0.717, 1.165) is 35.4 Å². The van der Waals surface area contributed by atoms with Crippen LogP contribution in [0.5, 0.6) is 0 Å². The molecule has 0 bridgehead atoms. The van der Waals surface area contributed by atoms with Gasteiger partial charge in [0.15, 0.2) is 5.11 Å². The van der Waals surface area contributed by atoms with Crippen molar-refractivity contribution in [2.75, 3.05) is 11.9 Å². The van der Waals surface area contributed by atoms with Gasteiger partial charge in [-0.25, -0.2) is 0 Å². The molecule has 2 aromatic rings. The Bertz CT molecular complexity index is 647. The van der Waals surface area contributed by atoms with Crippen molar-refractivity contribution in [2.45, 2.75) is 33.7 Å². The Kier molecular flexibility index (Phi) is 5.97. The monoisotopic (exact) mass is 380 g/mol. The SMILES string of the molecule is Cc1cccc(NC(=S)NCCCn2cc(Br)c(C)n2)c1C. The van der Waals surface area contributed by atoms with Gasteiger partial charge < -0.3 is 10.6 Å². The van der Waals surface area contributed by atoms with Crippen LogP contribution < -0.4 is 10.6 Å². The molecule has 6 heteroatoms. The molecule has 1 aromatic heterocycles. The van der Waals surface area contributed by atoms with Gasteiger partial charge in [-0.3, -0.25) is 4.68 Å². The van der Waals surface area contributed by atoms with E-state index in [9.17, 15) is 0 Å². The van der Waals surface area contributed by atoms with E-state index in [2.05, 4.69) is 51.6 Å². The van der Waals surface area contributed by atoms with Gasteiger partial charge in [0.2, 0.25) is 0 Å². The summed E-state index contributed by atoms with van der Waals surface area (Å²) in [7, 11) is 0. The highest BCUT2D eigenvalue weighted by Gasteiger charge is 2.03. The molecule has 1 aromatic carbocycles. The molecule has 2 rings (SSSR count). The lowest BCUT2D eigenvalue weighted by Crippen LogP contribution is -2.30. The lowest BCUT2D eigenvalue weighted by atomic mass is 10.1. The molecule has 0 spiro atoms. The minimum absolute atomic E-state index is 0.659. The molecule has 22 heavy (non-hydrogen) atoms. The van der Waals surface area contributed by atoms with E-state index in [1.165, 1.54) is 11.1 Å². The number of anilines is 1. The number of nitrogens with zero attached hydrogens (tertiary/aromatic N) is 2. The quantitative estimate of drug-likeness (QED) is 0.608. The number of benzene rings is 1. The third kappa shape index (κ3) is 4.55. The van der Waals surface area contributed by atoms with Crippen molar-refractivity contribution in [1.82, 2.24) is 15.1 Å². The van der Waals surface area contributed by atoms with Crippen LogP contribution in [0.3, 0.4) is 0 Å². The van der Waals surface area contributed by atoms with Gasteiger partial charge in [-0.1, -0.05) is 12.1 Å². The Labute approximate surface area is 145 Å². The third-order valence-electron chi connectivity index (χ3n) is 3.59. The molecule has 0 radical (unpaired) electrons. The summed E-state index contributed by atoms with van der Waals surface area (Å²) < 4.78 is 3.00. The molecule has 0 saturated carbocycles. The topological polar surface area (TPSA) is 41.9 Å². The number of aromatic nitrogens is 2. The number of halogens is 1. The molecule has 4 nitrogen and oxygen atoms in total. The van der Waals surface area contributed by atoms with Gasteiger partial charge in [0.1, 0.15) is 0 Å². The van der Waals surface area contributed by atoms with Crippen LogP contribution in [0.15, 0.2) is 28.9 Å². The molecule has 1 heterocycles. The number of aryl methyl sites for hydroxylation is 3. The third-order valence-corrected chi connectivity index (χ3v) is 4.61. The Morgan fingerprint density at radius 3 is 2.77 bits per heavy atom. The van der Waals surface area contributed by atoms with Gasteiger partial charge in [0.25, 0.3) is 0 Å². The summed E-state index contributed by atoms with van der Waals surface area (Å²) in [5, 5.41) is 11.6. The minimum atomic E-state index is 0.659. The fraction of sp³-hybridized carbons (Fsp3) is 0.375. The summed E-state index contributed by atoms with van der Waals surface area (Å²) in [5.41, 5.74) is 4.56. The standard InChI is InChI=1S/C16H21BrN4S/c1-11-6-4-7-15(12(11)2)19-16(22)18-8-5-9-21-10-14(17)13(3)20-21/h4,6-7,10H,5,8-9H2,1-3H3,(H2,18,19,22). The van der Waals surface area contributed by atoms with E-state index in [1.807, 2.05) is 29.9 Å². The van der Waals surface area contributed by atoms with Gasteiger partial charge in [0, 0.05) is 25.0 Å². The maximum Gasteiger partial charge on any atom is 0.170 e. The molecule has 2 N–H and O–H groups in total. The largest absolute Gasteiger partial charge is 0.362 e. The first-order valence-electron chi connectivity index (χ1n) is 7.28. The molecule has 0 amide bonds. The van der Waals surface area contributed by atoms with Gasteiger partial charge >= 0.3 is 0 Å². The average Bonchev–Trinajstić information content (AvgIpc) is 2.79. The van der Waals surface area contributed by atoms with Gasteiger partial charge in [-0.05, 0) is 72.5 Å². The van der Waals surface area contributed by atoms with Crippen molar-refractivity contribution in [3.63, 3.8) is 0 Å². The zero-order valence-electron chi connectivity index (χ0n) is 13.1. The second-order valence-electron chi connectivity index (χ2n) is 5.31. The zero-order valence-corrected chi connectivity index (χ0v) is 15.5. The lowest BCUT2D eigenvalue weighted by molar-refractivity contribution is 0.570. The van der Waals surface area contributed by atoms with Gasteiger partial charge in [-0.2, -0.15) is 5.10 Å². The number of hydrogen-bond acceptors (Lipinski definition) is 2. The highest BCUT2D eigenvalue weighted by molar-refractivity contribution is 9.10. The van der Waals surface area contributed by atoms with Crippen LogP contribution in [-0.2, 0) is 6.54 Å². The van der Waals surface area contributed by atoms with E-state index < -0.39 is 0 Å². The molecule has 0 unspecified atom stereocenters. The summed E-state index contributed by atoms with van der Waals surface area (Å²) in [6.07, 6.45) is 2.96. The molecule has 0 atom stereocenters. The fourth-order valence-corrected chi connectivity index (χ4v) is 2.63. The molecule has 0 saturated heterocycles. The predicted octanol–water partition coefficient (Wildman–Crippen LogP) is 3.95. The van der Waals surface area contributed by atoms with Crippen LogP contribution in [0.1, 0.15) is 23.2 Å². The first-order valence-corrected chi connectivity index (χ1v) is 8.48. The van der Waals surface area contributed by atoms with Gasteiger partial charge in [-0.15, -0.1) is 0 Å². The Morgan fingerprint density at radius 1 is 1.32 bits per heavy atom. The van der Waals surface area contributed by atoms with Crippen molar-refractivity contribution in [2.24, 2.45) is 0 Å². The molecule has 0 aliphatic carbocycles. The maximum absolute atomic E-state index is 5.34. The van der Waals surface area contributed by atoms with Crippen LogP contribution in [-0.4, -0.2) is 21.4 Å². The Morgan fingerprint density at radius 2 is 2.09 bits per heavy atom. The molecular formula is C16H21BrN4S. The van der Waals surface area contributed by atoms with Crippen molar-refractivity contribution < 1.29 is 0 Å². The summed E-state index contributed by atoms with van der Waals surface area (Å²) in [4.78, 5) is 0. The smallest absolute Gasteiger partial charge is 0.170 e. The second-order valence-corrected chi connectivity index (χ2v) is 6.57. The van der Waals surface area contributed by atoms with E-state index in [4.69, 9.17) is 12.2 Å². The number of nitrogens with one attached hydrogen (secondary N) is 2. The zero-order chi connectivity index (χ0) is 16.1. The molecule has 0 aliphatic heterocycles. The molecule has 0 fully saturated rings. The first-order chi connectivity index (χ1) is 10.5. The van der Waals surface area contributed by atoms with Crippen molar-refractivity contribution in [3.05, 3.63) is 45.7 Å². The normalized spacial score (nSPS) is 10.5. The van der Waals surface area contributed by atoms with E-state index in [1.54, 1.807) is 0 Å². The van der Waals surface area contributed by atoms with Crippen LogP contribution >= 0.6 is 28.1 Å². The summed E-state index contributed by atoms with van der Waals surface area (Å²) in [6, 6.07) is 6.17. The van der Waals surface area contributed by atoms with Crippen LogP contribution in [0.2, 0.25) is 0 Å². The molecular weight excluding hydrogens is 360 g/mol. The van der Waals surface area contributed by atoms with Crippen LogP contribution in [0, 0.1) is 20.8 Å². The van der Waals surface area contributed by atoms with E-state index in [-0.39, 0.29) is 0 Å². The van der Waals surface area contributed by atoms with Gasteiger partial charge in [0.05, 0.1) is 10.2 Å². The second kappa shape index (κ2) is 7.74. The Balaban J connectivity index is 1.75. The number of rotatable bonds is 5. The number of thiocarbonyl (C=S) groups is 1. The summed E-state index contributed by atoms with van der Waals surface area (Å²) >= 11 is 8.81. The summed E-state index contributed by atoms with van der Waals surface area (Å²) in [6.45, 7) is 7.86. The van der Waals surface area contributed by atoms with Crippen LogP contribution in [0.25, 0.3) is 0 Å². The molecule has 0 aliphatic rings. The van der Waals surface area contributed by atoms with Crippen molar-refractivity contribution in [3.8, 4) is 0 Å². The lowest BCUT2D eigenvalue weighted by Gasteiger charge is -2.13. The first kappa shape index (κ1) is 17.0. The minimum Gasteiger partial charge on any atom is -0.362 e. The van der Waals surface area contributed by atoms with Crippen molar-refractivity contribution in [1.29, 1.82) is 0 Å². The van der Waals surface area contributed by atoms with E-state index >= 15 is 0 Å². The average molecular weight is 381 g/mol. The molecule has 118 valence electrons. The maximum atomic E-state index is 5.34. The highest BCUT2D eigenvalue weighted by atomic mass is 79.9.